The van der Waals surface area contributed by atoms with E-state index in [0.29, 0.717) is 28.0 Å². The lowest BCUT2D eigenvalue weighted by Crippen LogP contribution is -2.34. The van der Waals surface area contributed by atoms with Crippen LogP contribution < -0.4 is 5.32 Å². The number of carbonyl (C=O) groups is 2. The number of carbonyl (C=O) groups excluding carboxylic acids is 1. The van der Waals surface area contributed by atoms with E-state index in [1.165, 1.54) is 10.4 Å². The third kappa shape index (κ3) is 4.07. The number of allylic oxidation sites excluding steroid dienone is 1. The molecule has 0 aromatic carbocycles. The van der Waals surface area contributed by atoms with Crippen LogP contribution in [0.5, 0.6) is 0 Å². The molecule has 1 saturated carbocycles. The van der Waals surface area contributed by atoms with Gasteiger partial charge >= 0.3 is 6.16 Å². The van der Waals surface area contributed by atoms with Crippen molar-refractivity contribution in [2.75, 3.05) is 5.32 Å². The van der Waals surface area contributed by atoms with E-state index in [2.05, 4.69) is 15.5 Å². The topological polar surface area (TPSA) is 115 Å². The van der Waals surface area contributed by atoms with E-state index in [1.54, 1.807) is 11.3 Å². The maximum atomic E-state index is 13.5. The molecule has 2 bridgehead atoms. The number of anilines is 1. The van der Waals surface area contributed by atoms with Gasteiger partial charge in [0.1, 0.15) is 10.8 Å². The molecule has 2 N–H and O–H groups in total. The standard InChI is InChI=1S/C24H29N3O5S/c1-24(2,3)22-25-19(27-32-22)17-14-6-4-5-7-15(14)33-21(17)26-20(28)16-12-8-10-13(11-9-12)18(16)31-23(29)30/h12-13H,4-11H2,1-3H3,(H,26,28)(H,29,30). The van der Waals surface area contributed by atoms with Gasteiger partial charge in [-0.3, -0.25) is 4.79 Å². The van der Waals surface area contributed by atoms with Crippen LogP contribution in [0, 0.1) is 11.8 Å². The van der Waals surface area contributed by atoms with Gasteiger partial charge in [-0.05, 0) is 62.8 Å². The summed E-state index contributed by atoms with van der Waals surface area (Å²) in [6.07, 6.45) is 6.20. The molecule has 0 atom stereocenters. The maximum Gasteiger partial charge on any atom is 0.511 e. The first-order chi connectivity index (χ1) is 15.7. The van der Waals surface area contributed by atoms with E-state index >= 15 is 0 Å². The summed E-state index contributed by atoms with van der Waals surface area (Å²) in [5.74, 6) is 1.13. The van der Waals surface area contributed by atoms with Crippen molar-refractivity contribution in [1.29, 1.82) is 0 Å². The first kappa shape index (κ1) is 22.1. The monoisotopic (exact) mass is 471 g/mol. The van der Waals surface area contributed by atoms with Crippen molar-refractivity contribution in [3.05, 3.63) is 27.7 Å². The average Bonchev–Trinajstić information content (AvgIpc) is 3.38. The zero-order chi connectivity index (χ0) is 23.3. The Kier molecular flexibility index (Phi) is 5.55. The van der Waals surface area contributed by atoms with Crippen LogP contribution in [0.2, 0.25) is 0 Å². The van der Waals surface area contributed by atoms with Crippen LogP contribution >= 0.6 is 11.3 Å². The second kappa shape index (κ2) is 8.27. The van der Waals surface area contributed by atoms with Gasteiger partial charge in [-0.25, -0.2) is 4.79 Å². The summed E-state index contributed by atoms with van der Waals surface area (Å²) in [5, 5.41) is 17.3. The molecule has 0 spiro atoms. The number of nitrogens with zero attached hydrogens (tertiary/aromatic N) is 2. The van der Waals surface area contributed by atoms with Crippen molar-refractivity contribution in [2.24, 2.45) is 11.8 Å². The van der Waals surface area contributed by atoms with Crippen LogP contribution in [0.1, 0.15) is 75.6 Å². The summed E-state index contributed by atoms with van der Waals surface area (Å²) in [7, 11) is 0. The van der Waals surface area contributed by atoms with Crippen molar-refractivity contribution in [3.63, 3.8) is 0 Å². The van der Waals surface area contributed by atoms with Gasteiger partial charge in [-0.1, -0.05) is 25.9 Å². The smallest absolute Gasteiger partial charge is 0.449 e. The van der Waals surface area contributed by atoms with Gasteiger partial charge in [0.2, 0.25) is 11.7 Å². The zero-order valence-corrected chi connectivity index (χ0v) is 20.0. The Morgan fingerprint density at radius 2 is 1.82 bits per heavy atom. The van der Waals surface area contributed by atoms with Crippen molar-refractivity contribution >= 4 is 28.4 Å². The highest BCUT2D eigenvalue weighted by atomic mass is 32.1. The number of fused-ring (bicyclic) bond motifs is 3. The fourth-order valence-corrected chi connectivity index (χ4v) is 6.57. The minimum atomic E-state index is -1.36. The summed E-state index contributed by atoms with van der Waals surface area (Å²) in [4.78, 5) is 30.7. The van der Waals surface area contributed by atoms with E-state index in [9.17, 15) is 14.7 Å². The second-order valence-corrected chi connectivity index (χ2v) is 11.3. The number of carboxylic acid groups (broad SMARTS) is 1. The molecule has 8 nitrogen and oxygen atoms in total. The highest BCUT2D eigenvalue weighted by Crippen LogP contribution is 2.48. The molecule has 1 amide bonds. The SMILES string of the molecule is CC(C)(C)c1nc(-c2c(NC(=O)C3=C(OC(=O)O)C4CCC3CC4)sc3c2CCCC3)no1. The molecule has 0 unspecified atom stereocenters. The van der Waals surface area contributed by atoms with Crippen LogP contribution in [-0.2, 0) is 27.8 Å². The van der Waals surface area contributed by atoms with Crippen LogP contribution in [0.25, 0.3) is 11.4 Å². The third-order valence-electron chi connectivity index (χ3n) is 6.90. The molecular formula is C24H29N3O5S. The van der Waals surface area contributed by atoms with Crippen LogP contribution in [0.4, 0.5) is 9.80 Å². The molecule has 9 heteroatoms. The molecule has 4 aliphatic carbocycles. The van der Waals surface area contributed by atoms with Crippen molar-refractivity contribution in [2.45, 2.75) is 77.6 Å². The molecular weight excluding hydrogens is 442 g/mol. The number of hydrogen-bond acceptors (Lipinski definition) is 7. The van der Waals surface area contributed by atoms with Gasteiger partial charge in [-0.15, -0.1) is 11.3 Å². The number of rotatable bonds is 4. The first-order valence-corrected chi connectivity index (χ1v) is 12.5. The summed E-state index contributed by atoms with van der Waals surface area (Å²) < 4.78 is 10.7. The van der Waals surface area contributed by atoms with Crippen molar-refractivity contribution in [3.8, 4) is 11.4 Å². The fourth-order valence-electron chi connectivity index (χ4n) is 5.29. The van der Waals surface area contributed by atoms with E-state index in [1.807, 2.05) is 20.8 Å². The lowest BCUT2D eigenvalue weighted by molar-refractivity contribution is -0.114. The van der Waals surface area contributed by atoms with Crippen LogP contribution in [0.3, 0.4) is 0 Å². The fraction of sp³-hybridized carbons (Fsp3) is 0.583. The average molecular weight is 472 g/mol. The highest BCUT2D eigenvalue weighted by molar-refractivity contribution is 7.17. The number of aryl methyl sites for hydroxylation is 1. The first-order valence-electron chi connectivity index (χ1n) is 11.7. The molecule has 1 fully saturated rings. The lowest BCUT2D eigenvalue weighted by Gasteiger charge is -2.37. The molecule has 0 saturated heterocycles. The number of aromatic nitrogens is 2. The molecule has 33 heavy (non-hydrogen) atoms. The second-order valence-electron chi connectivity index (χ2n) is 10.2. The molecule has 2 heterocycles. The molecule has 176 valence electrons. The summed E-state index contributed by atoms with van der Waals surface area (Å²) in [6, 6.07) is 0. The molecule has 0 aliphatic heterocycles. The molecule has 2 aromatic heterocycles. The van der Waals surface area contributed by atoms with Gasteiger partial charge in [-0.2, -0.15) is 4.98 Å². The maximum absolute atomic E-state index is 13.5. The Hall–Kier alpha value is -2.68. The highest BCUT2D eigenvalue weighted by Gasteiger charge is 2.41. The predicted molar refractivity (Wildman–Crippen MR) is 123 cm³/mol. The minimum Gasteiger partial charge on any atom is -0.449 e. The van der Waals surface area contributed by atoms with Gasteiger partial charge in [0.25, 0.3) is 5.91 Å². The number of ether oxygens (including phenoxy) is 1. The number of amides is 1. The number of hydrogen-bond donors (Lipinski definition) is 2. The Morgan fingerprint density at radius 3 is 2.48 bits per heavy atom. The minimum absolute atomic E-state index is 0.00517. The quantitative estimate of drug-likeness (QED) is 0.551. The van der Waals surface area contributed by atoms with Gasteiger partial charge in [0.15, 0.2) is 0 Å². The van der Waals surface area contributed by atoms with Gasteiger partial charge in [0.05, 0.1) is 11.1 Å². The van der Waals surface area contributed by atoms with E-state index in [4.69, 9.17) is 9.26 Å². The third-order valence-corrected chi connectivity index (χ3v) is 8.11. The van der Waals surface area contributed by atoms with Gasteiger partial charge in [0, 0.05) is 16.2 Å². The van der Waals surface area contributed by atoms with E-state index < -0.39 is 6.16 Å². The van der Waals surface area contributed by atoms with Crippen LogP contribution in [-0.4, -0.2) is 27.3 Å². The van der Waals surface area contributed by atoms with Crippen molar-refractivity contribution in [1.82, 2.24) is 10.1 Å². The normalized spacial score (nSPS) is 22.3. The van der Waals surface area contributed by atoms with Crippen molar-refractivity contribution < 1.29 is 24.0 Å². The van der Waals surface area contributed by atoms with Crippen LogP contribution in [0.15, 0.2) is 15.9 Å². The Bertz CT molecular complexity index is 1130. The summed E-state index contributed by atoms with van der Waals surface area (Å²) in [6.45, 7) is 6.06. The predicted octanol–water partition coefficient (Wildman–Crippen LogP) is 5.68. The molecule has 4 aliphatic rings. The van der Waals surface area contributed by atoms with E-state index in [-0.39, 0.29) is 23.2 Å². The number of thiophene rings is 1. The zero-order valence-electron chi connectivity index (χ0n) is 19.2. The Labute approximate surface area is 196 Å². The molecule has 0 radical (unpaired) electrons. The van der Waals surface area contributed by atoms with E-state index in [0.717, 1.165) is 56.9 Å². The Morgan fingerprint density at radius 1 is 1.12 bits per heavy atom. The number of nitrogens with one attached hydrogen (secondary N) is 1. The molecule has 2 aromatic rings. The largest absolute Gasteiger partial charge is 0.511 e. The molecule has 6 rings (SSSR count). The lowest BCUT2D eigenvalue weighted by atomic mass is 9.70. The Balaban J connectivity index is 1.53. The summed E-state index contributed by atoms with van der Waals surface area (Å²) in [5.41, 5.74) is 2.23. The van der Waals surface area contributed by atoms with Gasteiger partial charge < -0.3 is 19.7 Å². The summed E-state index contributed by atoms with van der Waals surface area (Å²) >= 11 is 1.57.